The maximum Gasteiger partial charge on any atom is 0.279 e. The molecule has 0 atom stereocenters. The van der Waals surface area contributed by atoms with Crippen molar-refractivity contribution in [1.82, 2.24) is 4.98 Å². The molecule has 0 saturated heterocycles. The average Bonchev–Trinajstić information content (AvgIpc) is 2.37. The van der Waals surface area contributed by atoms with Gasteiger partial charge in [-0.25, -0.2) is 4.98 Å². The van der Waals surface area contributed by atoms with E-state index in [2.05, 4.69) is 4.98 Å². The van der Waals surface area contributed by atoms with E-state index in [9.17, 15) is 10.1 Å². The van der Waals surface area contributed by atoms with Crippen molar-refractivity contribution in [2.45, 2.75) is 39.2 Å². The Morgan fingerprint density at radius 2 is 2.11 bits per heavy atom. The molecule has 0 aliphatic rings. The third kappa shape index (κ3) is 3.40. The third-order valence-electron chi connectivity index (χ3n) is 3.16. The molecule has 18 heavy (non-hydrogen) atoms. The molecule has 0 fully saturated rings. The summed E-state index contributed by atoms with van der Waals surface area (Å²) in [5.41, 5.74) is 6.19. The second kappa shape index (κ2) is 5.77. The van der Waals surface area contributed by atoms with Gasteiger partial charge in [0.2, 0.25) is 5.88 Å². The SMILES string of the molecule is CCC(N)(CC)COc1cc([N+](=O)[O-])c(C)cn1. The normalized spacial score (nSPS) is 11.3. The Bertz CT molecular complexity index is 431. The van der Waals surface area contributed by atoms with Crippen molar-refractivity contribution < 1.29 is 9.66 Å². The third-order valence-corrected chi connectivity index (χ3v) is 3.16. The first-order valence-corrected chi connectivity index (χ1v) is 5.94. The molecule has 0 aromatic carbocycles. The Morgan fingerprint density at radius 3 is 2.61 bits per heavy atom. The smallest absolute Gasteiger partial charge is 0.279 e. The molecule has 0 aliphatic heterocycles. The lowest BCUT2D eigenvalue weighted by Crippen LogP contribution is -2.44. The van der Waals surface area contributed by atoms with Crippen molar-refractivity contribution >= 4 is 5.69 Å². The van der Waals surface area contributed by atoms with Crippen LogP contribution in [0.25, 0.3) is 0 Å². The van der Waals surface area contributed by atoms with Gasteiger partial charge in [-0.1, -0.05) is 13.8 Å². The van der Waals surface area contributed by atoms with E-state index in [0.717, 1.165) is 12.8 Å². The van der Waals surface area contributed by atoms with Crippen LogP contribution in [0.3, 0.4) is 0 Å². The van der Waals surface area contributed by atoms with Crippen LogP contribution < -0.4 is 10.5 Å². The summed E-state index contributed by atoms with van der Waals surface area (Å²) in [6, 6.07) is 1.33. The molecule has 0 spiro atoms. The molecule has 1 aromatic heterocycles. The summed E-state index contributed by atoms with van der Waals surface area (Å²) in [4.78, 5) is 14.4. The summed E-state index contributed by atoms with van der Waals surface area (Å²) < 4.78 is 5.46. The van der Waals surface area contributed by atoms with Crippen LogP contribution in [0.15, 0.2) is 12.3 Å². The van der Waals surface area contributed by atoms with Gasteiger partial charge in [-0.2, -0.15) is 0 Å². The second-order valence-electron chi connectivity index (χ2n) is 4.42. The van der Waals surface area contributed by atoms with Crippen LogP contribution in [0.1, 0.15) is 32.3 Å². The van der Waals surface area contributed by atoms with Crippen LogP contribution in [0.5, 0.6) is 5.88 Å². The van der Waals surface area contributed by atoms with E-state index >= 15 is 0 Å². The number of aromatic nitrogens is 1. The van der Waals surface area contributed by atoms with E-state index in [1.54, 1.807) is 6.92 Å². The molecule has 0 bridgehead atoms. The molecule has 0 aliphatic carbocycles. The summed E-state index contributed by atoms with van der Waals surface area (Å²) in [7, 11) is 0. The fourth-order valence-electron chi connectivity index (χ4n) is 1.44. The van der Waals surface area contributed by atoms with Gasteiger partial charge in [-0.15, -0.1) is 0 Å². The van der Waals surface area contributed by atoms with Gasteiger partial charge in [0.05, 0.1) is 11.0 Å². The first-order chi connectivity index (χ1) is 8.41. The van der Waals surface area contributed by atoms with E-state index in [1.807, 2.05) is 13.8 Å². The summed E-state index contributed by atoms with van der Waals surface area (Å²) in [6.45, 7) is 5.91. The molecular weight excluding hydrogens is 234 g/mol. The van der Waals surface area contributed by atoms with Gasteiger partial charge in [-0.05, 0) is 19.8 Å². The maximum absolute atomic E-state index is 10.8. The van der Waals surface area contributed by atoms with Crippen LogP contribution in [0, 0.1) is 17.0 Å². The Hall–Kier alpha value is -1.69. The Kier molecular flexibility index (Phi) is 4.61. The molecule has 1 aromatic rings. The zero-order valence-corrected chi connectivity index (χ0v) is 11.0. The molecule has 100 valence electrons. The molecule has 0 unspecified atom stereocenters. The van der Waals surface area contributed by atoms with Gasteiger partial charge in [0.15, 0.2) is 0 Å². The van der Waals surface area contributed by atoms with Crippen LogP contribution in [-0.2, 0) is 0 Å². The number of rotatable bonds is 6. The number of hydrogen-bond acceptors (Lipinski definition) is 5. The highest BCUT2D eigenvalue weighted by molar-refractivity contribution is 5.40. The lowest BCUT2D eigenvalue weighted by molar-refractivity contribution is -0.385. The Balaban J connectivity index is 2.80. The average molecular weight is 253 g/mol. The largest absolute Gasteiger partial charge is 0.476 e. The lowest BCUT2D eigenvalue weighted by atomic mass is 9.96. The van der Waals surface area contributed by atoms with Gasteiger partial charge in [0.1, 0.15) is 6.61 Å². The van der Waals surface area contributed by atoms with Crippen LogP contribution >= 0.6 is 0 Å². The first kappa shape index (κ1) is 14.4. The van der Waals surface area contributed by atoms with Crippen molar-refractivity contribution in [2.24, 2.45) is 5.73 Å². The van der Waals surface area contributed by atoms with Crippen molar-refractivity contribution in [3.63, 3.8) is 0 Å². The van der Waals surface area contributed by atoms with Gasteiger partial charge in [0.25, 0.3) is 5.69 Å². The highest BCUT2D eigenvalue weighted by atomic mass is 16.6. The monoisotopic (exact) mass is 253 g/mol. The molecule has 0 amide bonds. The fraction of sp³-hybridized carbons (Fsp3) is 0.583. The van der Waals surface area contributed by atoms with Gasteiger partial charge >= 0.3 is 0 Å². The van der Waals surface area contributed by atoms with E-state index in [4.69, 9.17) is 10.5 Å². The summed E-state index contributed by atoms with van der Waals surface area (Å²) >= 11 is 0. The number of aryl methyl sites for hydroxylation is 1. The number of hydrogen-bond donors (Lipinski definition) is 1. The van der Waals surface area contributed by atoms with Crippen LogP contribution in [0.2, 0.25) is 0 Å². The molecule has 6 heteroatoms. The van der Waals surface area contributed by atoms with Crippen LogP contribution in [-0.4, -0.2) is 22.1 Å². The predicted octanol–water partition coefficient (Wildman–Crippen LogP) is 2.19. The van der Waals surface area contributed by atoms with Gasteiger partial charge in [0, 0.05) is 17.3 Å². The minimum Gasteiger partial charge on any atom is -0.476 e. The van der Waals surface area contributed by atoms with Gasteiger partial charge < -0.3 is 10.5 Å². The van der Waals surface area contributed by atoms with E-state index < -0.39 is 10.5 Å². The standard InChI is InChI=1S/C12H19N3O3/c1-4-12(13,5-2)8-18-11-6-10(15(16)17)9(3)7-14-11/h6-7H,4-5,8,13H2,1-3H3. The Labute approximate surface area is 106 Å². The van der Waals surface area contributed by atoms with Crippen molar-refractivity contribution in [1.29, 1.82) is 0 Å². The van der Waals surface area contributed by atoms with Gasteiger partial charge in [-0.3, -0.25) is 10.1 Å². The van der Waals surface area contributed by atoms with Crippen molar-refractivity contribution in [3.05, 3.63) is 27.9 Å². The zero-order valence-electron chi connectivity index (χ0n) is 11.0. The number of ether oxygens (including phenoxy) is 1. The summed E-state index contributed by atoms with van der Waals surface area (Å²) in [5.74, 6) is 0.240. The number of nitro groups is 1. The van der Waals surface area contributed by atoms with Crippen molar-refractivity contribution in [2.75, 3.05) is 6.61 Å². The quantitative estimate of drug-likeness (QED) is 0.619. The zero-order chi connectivity index (χ0) is 13.8. The van der Waals surface area contributed by atoms with Crippen LogP contribution in [0.4, 0.5) is 5.69 Å². The topological polar surface area (TPSA) is 91.3 Å². The molecule has 0 radical (unpaired) electrons. The lowest BCUT2D eigenvalue weighted by Gasteiger charge is -2.26. The van der Waals surface area contributed by atoms with E-state index in [-0.39, 0.29) is 11.6 Å². The number of nitrogens with zero attached hydrogens (tertiary/aromatic N) is 2. The number of pyridine rings is 1. The molecular formula is C12H19N3O3. The van der Waals surface area contributed by atoms with E-state index in [1.165, 1.54) is 12.3 Å². The summed E-state index contributed by atoms with van der Waals surface area (Å²) in [5, 5.41) is 10.8. The minimum absolute atomic E-state index is 0.00983. The fourth-order valence-corrected chi connectivity index (χ4v) is 1.44. The molecule has 2 N–H and O–H groups in total. The highest BCUT2D eigenvalue weighted by Gasteiger charge is 2.22. The highest BCUT2D eigenvalue weighted by Crippen LogP contribution is 2.22. The predicted molar refractivity (Wildman–Crippen MR) is 68.6 cm³/mol. The first-order valence-electron chi connectivity index (χ1n) is 5.94. The molecule has 0 saturated carbocycles. The maximum atomic E-state index is 10.8. The van der Waals surface area contributed by atoms with E-state index in [0.29, 0.717) is 12.2 Å². The number of nitrogens with two attached hydrogens (primary N) is 1. The van der Waals surface area contributed by atoms with Crippen molar-refractivity contribution in [3.8, 4) is 5.88 Å². The minimum atomic E-state index is -0.445. The Morgan fingerprint density at radius 1 is 1.50 bits per heavy atom. The molecule has 1 heterocycles. The summed E-state index contributed by atoms with van der Waals surface area (Å²) in [6.07, 6.45) is 2.98. The molecule has 1 rings (SSSR count). The second-order valence-corrected chi connectivity index (χ2v) is 4.42. The molecule has 6 nitrogen and oxygen atoms in total.